The van der Waals surface area contributed by atoms with Crippen LogP contribution >= 0.6 is 0 Å². The Hall–Kier alpha value is -2.30. The van der Waals surface area contributed by atoms with Crippen LogP contribution < -0.4 is 9.64 Å². The van der Waals surface area contributed by atoms with Crippen molar-refractivity contribution in [2.75, 3.05) is 45.8 Å². The van der Waals surface area contributed by atoms with E-state index in [1.165, 1.54) is 23.7 Å². The minimum Gasteiger partial charge on any atom is -0.480 e. The lowest BCUT2D eigenvalue weighted by Gasteiger charge is -2.43. The van der Waals surface area contributed by atoms with Crippen molar-refractivity contribution in [1.82, 2.24) is 19.3 Å². The van der Waals surface area contributed by atoms with E-state index in [1.807, 2.05) is 25.2 Å². The van der Waals surface area contributed by atoms with Gasteiger partial charge in [-0.05, 0) is 37.0 Å². The van der Waals surface area contributed by atoms with Gasteiger partial charge in [0.2, 0.25) is 21.9 Å². The van der Waals surface area contributed by atoms with E-state index in [0.717, 1.165) is 17.7 Å². The van der Waals surface area contributed by atoms with Gasteiger partial charge in [-0.3, -0.25) is 0 Å². The normalized spacial score (nSPS) is 19.0. The first-order chi connectivity index (χ1) is 13.9. The number of aromatic nitrogens is 3. The Morgan fingerprint density at radius 2 is 2.00 bits per heavy atom. The van der Waals surface area contributed by atoms with E-state index < -0.39 is 15.6 Å². The van der Waals surface area contributed by atoms with E-state index in [4.69, 9.17) is 14.5 Å². The van der Waals surface area contributed by atoms with Gasteiger partial charge in [0.05, 0.1) is 19.4 Å². The van der Waals surface area contributed by atoms with Crippen LogP contribution in [0.25, 0.3) is 0 Å². The first-order valence-corrected chi connectivity index (χ1v) is 11.0. The third kappa shape index (κ3) is 3.45. The summed E-state index contributed by atoms with van der Waals surface area (Å²) in [4.78, 5) is 15.1. The molecule has 2 aliphatic heterocycles. The van der Waals surface area contributed by atoms with Gasteiger partial charge in [-0.1, -0.05) is 0 Å². The smallest absolute Gasteiger partial charge is 0.248 e. The van der Waals surface area contributed by atoms with Gasteiger partial charge in [0, 0.05) is 39.6 Å². The van der Waals surface area contributed by atoms with Crippen LogP contribution in [-0.4, -0.2) is 68.6 Å². The largest absolute Gasteiger partial charge is 0.480 e. The zero-order valence-corrected chi connectivity index (χ0v) is 17.6. The summed E-state index contributed by atoms with van der Waals surface area (Å²) in [5, 5.41) is 0. The summed E-state index contributed by atoms with van der Waals surface area (Å²) >= 11 is 0. The number of pyridine rings is 1. The summed E-state index contributed by atoms with van der Waals surface area (Å²) in [6, 6.07) is 3.12. The molecule has 0 bridgehead atoms. The predicted molar refractivity (Wildman–Crippen MR) is 106 cm³/mol. The van der Waals surface area contributed by atoms with E-state index >= 15 is 0 Å². The van der Waals surface area contributed by atoms with Crippen molar-refractivity contribution in [2.45, 2.75) is 29.8 Å². The van der Waals surface area contributed by atoms with Gasteiger partial charge in [-0.15, -0.1) is 0 Å². The molecule has 29 heavy (non-hydrogen) atoms. The molecule has 156 valence electrons. The van der Waals surface area contributed by atoms with E-state index in [0.29, 0.717) is 38.5 Å². The Labute approximate surface area is 170 Å². The molecule has 0 aromatic carbocycles. The highest BCUT2D eigenvalue weighted by Crippen LogP contribution is 2.42. The van der Waals surface area contributed by atoms with E-state index in [1.54, 1.807) is 6.07 Å². The van der Waals surface area contributed by atoms with Crippen molar-refractivity contribution in [3.05, 3.63) is 35.8 Å². The number of sulfonamides is 1. The van der Waals surface area contributed by atoms with Gasteiger partial charge in [0.1, 0.15) is 10.5 Å². The third-order valence-electron chi connectivity index (χ3n) is 5.51. The fraction of sp³-hybridized carbons (Fsp3) is 0.526. The Morgan fingerprint density at radius 3 is 2.69 bits per heavy atom. The van der Waals surface area contributed by atoms with Gasteiger partial charge < -0.3 is 14.4 Å². The molecule has 2 aromatic heterocycles. The van der Waals surface area contributed by atoms with Crippen LogP contribution in [0.2, 0.25) is 0 Å². The molecule has 0 unspecified atom stereocenters. The van der Waals surface area contributed by atoms with Crippen LogP contribution in [0.15, 0.2) is 29.4 Å². The molecule has 1 saturated heterocycles. The van der Waals surface area contributed by atoms with Crippen molar-refractivity contribution in [3.63, 3.8) is 0 Å². The lowest BCUT2D eigenvalue weighted by molar-refractivity contribution is -0.0925. The summed E-state index contributed by atoms with van der Waals surface area (Å²) < 4.78 is 39.2. The molecule has 0 amide bonds. The molecule has 0 atom stereocenters. The minimum absolute atomic E-state index is 0.0839. The highest BCUT2D eigenvalue weighted by Gasteiger charge is 2.45. The zero-order chi connectivity index (χ0) is 20.6. The summed E-state index contributed by atoms with van der Waals surface area (Å²) in [5.74, 6) is 0.735. The number of nitrogens with zero attached hydrogens (tertiary/aromatic N) is 5. The molecule has 1 fully saturated rings. The van der Waals surface area contributed by atoms with E-state index in [2.05, 4.69) is 9.97 Å². The summed E-state index contributed by atoms with van der Waals surface area (Å²) in [7, 11) is 1.50. The SMILES string of the molecule is COc1ncccc1S(=O)(=O)N1CCC2(CC1)OCCc1cnc(N(C)C)nc12. The highest BCUT2D eigenvalue weighted by atomic mass is 32.2. The molecule has 0 radical (unpaired) electrons. The van der Waals surface area contributed by atoms with Crippen LogP contribution in [0, 0.1) is 0 Å². The lowest BCUT2D eigenvalue weighted by Crippen LogP contribution is -2.49. The first-order valence-electron chi connectivity index (χ1n) is 9.54. The number of hydrogen-bond acceptors (Lipinski definition) is 8. The molecule has 2 aromatic rings. The summed E-state index contributed by atoms with van der Waals surface area (Å²) in [5.41, 5.74) is 1.39. The molecule has 0 N–H and O–H groups in total. The topological polar surface area (TPSA) is 97.8 Å². The lowest BCUT2D eigenvalue weighted by atomic mass is 9.84. The maximum absolute atomic E-state index is 13.2. The molecule has 1 spiro atoms. The molecule has 9 nitrogen and oxygen atoms in total. The molecule has 10 heteroatoms. The third-order valence-corrected chi connectivity index (χ3v) is 7.42. The van der Waals surface area contributed by atoms with E-state index in [-0.39, 0.29) is 10.8 Å². The second-order valence-corrected chi connectivity index (χ2v) is 9.35. The molecule has 2 aliphatic rings. The minimum atomic E-state index is -3.71. The molecule has 0 saturated carbocycles. The molecule has 0 aliphatic carbocycles. The van der Waals surface area contributed by atoms with Crippen molar-refractivity contribution < 1.29 is 17.9 Å². The monoisotopic (exact) mass is 419 g/mol. The predicted octanol–water partition coefficient (Wildman–Crippen LogP) is 1.20. The van der Waals surface area contributed by atoms with Crippen molar-refractivity contribution in [2.24, 2.45) is 0 Å². The zero-order valence-electron chi connectivity index (χ0n) is 16.8. The molecular weight excluding hydrogens is 394 g/mol. The fourth-order valence-electron chi connectivity index (χ4n) is 3.95. The maximum atomic E-state index is 13.2. The van der Waals surface area contributed by atoms with E-state index in [9.17, 15) is 8.42 Å². The first kappa shape index (κ1) is 20.0. The van der Waals surface area contributed by atoms with Gasteiger partial charge in [0.25, 0.3) is 0 Å². The number of piperidine rings is 1. The van der Waals surface area contributed by atoms with Crippen LogP contribution in [0.4, 0.5) is 5.95 Å². The fourth-order valence-corrected chi connectivity index (χ4v) is 5.50. The number of hydrogen-bond donors (Lipinski definition) is 0. The van der Waals surface area contributed by atoms with Crippen LogP contribution in [-0.2, 0) is 26.8 Å². The second-order valence-electron chi connectivity index (χ2n) is 7.45. The number of anilines is 1. The van der Waals surface area contributed by atoms with Gasteiger partial charge in [0.15, 0.2) is 0 Å². The quantitative estimate of drug-likeness (QED) is 0.729. The van der Waals surface area contributed by atoms with Crippen molar-refractivity contribution in [1.29, 1.82) is 0 Å². The van der Waals surface area contributed by atoms with Crippen LogP contribution in [0.3, 0.4) is 0 Å². The summed E-state index contributed by atoms with van der Waals surface area (Å²) in [6.45, 7) is 1.25. The van der Waals surface area contributed by atoms with Gasteiger partial charge >= 0.3 is 0 Å². The Morgan fingerprint density at radius 1 is 1.24 bits per heavy atom. The Bertz CT molecular complexity index is 1000. The Kier molecular flexibility index (Phi) is 5.18. The average Bonchev–Trinajstić information content (AvgIpc) is 2.74. The van der Waals surface area contributed by atoms with Gasteiger partial charge in [-0.25, -0.2) is 23.4 Å². The average molecular weight is 420 g/mol. The molecular formula is C19H25N5O4S. The highest BCUT2D eigenvalue weighted by molar-refractivity contribution is 7.89. The van der Waals surface area contributed by atoms with Crippen molar-refractivity contribution >= 4 is 16.0 Å². The maximum Gasteiger partial charge on any atom is 0.248 e. The second kappa shape index (κ2) is 7.51. The Balaban J connectivity index is 1.61. The van der Waals surface area contributed by atoms with Crippen LogP contribution in [0.5, 0.6) is 5.88 Å². The number of rotatable bonds is 4. The molecule has 4 heterocycles. The standard InChI is InChI=1S/C19H25N5O4S/c1-23(2)18-21-13-14-6-12-28-19(16(14)22-18)7-10-24(11-8-19)29(25,26)15-5-4-9-20-17(15)27-3/h4-5,9,13H,6-8,10-12H2,1-3H3. The molecule has 4 rings (SSSR count). The number of fused-ring (bicyclic) bond motifs is 2. The number of methoxy groups -OCH3 is 1. The van der Waals surface area contributed by atoms with Gasteiger partial charge in [-0.2, -0.15) is 4.31 Å². The van der Waals surface area contributed by atoms with Crippen LogP contribution in [0.1, 0.15) is 24.1 Å². The number of ether oxygens (including phenoxy) is 2. The van der Waals surface area contributed by atoms with Crippen molar-refractivity contribution in [3.8, 4) is 5.88 Å². The summed E-state index contributed by atoms with van der Waals surface area (Å²) in [6.07, 6.45) is 5.21.